The SMILES string of the molecule is c1cc(SSc2ccnc3ccsc23)c2sccc2n1. The molecule has 4 heterocycles. The minimum atomic E-state index is 1.08. The highest BCUT2D eigenvalue weighted by Crippen LogP contribution is 2.44. The van der Waals surface area contributed by atoms with Gasteiger partial charge in [0.05, 0.1) is 20.4 Å². The van der Waals surface area contributed by atoms with E-state index in [1.54, 1.807) is 44.3 Å². The second-order valence-electron chi connectivity index (χ2n) is 4.05. The first kappa shape index (κ1) is 12.6. The molecule has 20 heavy (non-hydrogen) atoms. The maximum absolute atomic E-state index is 4.38. The zero-order valence-electron chi connectivity index (χ0n) is 10.1. The summed E-state index contributed by atoms with van der Waals surface area (Å²) in [5.74, 6) is 0. The van der Waals surface area contributed by atoms with E-state index < -0.39 is 0 Å². The predicted molar refractivity (Wildman–Crippen MR) is 91.0 cm³/mol. The van der Waals surface area contributed by atoms with Crippen LogP contribution in [-0.4, -0.2) is 9.97 Å². The molecule has 0 N–H and O–H groups in total. The van der Waals surface area contributed by atoms with E-state index in [1.807, 2.05) is 12.4 Å². The lowest BCUT2D eigenvalue weighted by atomic mass is 10.4. The average Bonchev–Trinajstić information content (AvgIpc) is 3.13. The van der Waals surface area contributed by atoms with Gasteiger partial charge in [0.2, 0.25) is 0 Å². The van der Waals surface area contributed by atoms with Gasteiger partial charge in [0.25, 0.3) is 0 Å². The molecule has 0 bridgehead atoms. The standard InChI is InChI=1S/C14H8N2S4/c1-5-15-9-3-7-17-13(9)11(1)19-20-12-2-6-16-10-4-8-18-14(10)12/h1-8H. The van der Waals surface area contributed by atoms with Crippen LogP contribution in [0.2, 0.25) is 0 Å². The van der Waals surface area contributed by atoms with Gasteiger partial charge in [-0.15, -0.1) is 22.7 Å². The summed E-state index contributed by atoms with van der Waals surface area (Å²) in [6.07, 6.45) is 3.76. The van der Waals surface area contributed by atoms with Crippen LogP contribution in [0.5, 0.6) is 0 Å². The molecule has 0 fully saturated rings. The van der Waals surface area contributed by atoms with Gasteiger partial charge in [-0.2, -0.15) is 0 Å². The molecule has 0 saturated heterocycles. The highest BCUT2D eigenvalue weighted by atomic mass is 33.1. The number of fused-ring (bicyclic) bond motifs is 2. The molecule has 0 aromatic carbocycles. The topological polar surface area (TPSA) is 25.8 Å². The summed E-state index contributed by atoms with van der Waals surface area (Å²) in [4.78, 5) is 11.3. The zero-order chi connectivity index (χ0) is 13.4. The number of hydrogen-bond acceptors (Lipinski definition) is 6. The van der Waals surface area contributed by atoms with Gasteiger partial charge in [0, 0.05) is 22.2 Å². The third-order valence-corrected chi connectivity index (χ3v) is 7.42. The number of nitrogens with zero attached hydrogens (tertiary/aromatic N) is 2. The van der Waals surface area contributed by atoms with Crippen molar-refractivity contribution in [2.24, 2.45) is 0 Å². The van der Waals surface area contributed by atoms with Crippen molar-refractivity contribution in [1.82, 2.24) is 9.97 Å². The molecule has 0 saturated carbocycles. The fourth-order valence-corrected chi connectivity index (χ4v) is 6.44. The fourth-order valence-electron chi connectivity index (χ4n) is 1.92. The van der Waals surface area contributed by atoms with E-state index in [-0.39, 0.29) is 0 Å². The van der Waals surface area contributed by atoms with Crippen molar-refractivity contribution in [2.75, 3.05) is 0 Å². The first-order valence-corrected chi connectivity index (χ1v) is 9.82. The Morgan fingerprint density at radius 2 is 1.20 bits per heavy atom. The Balaban J connectivity index is 1.67. The maximum Gasteiger partial charge on any atom is 0.0821 e. The molecule has 0 spiro atoms. The Labute approximate surface area is 131 Å². The van der Waals surface area contributed by atoms with Gasteiger partial charge >= 0.3 is 0 Å². The van der Waals surface area contributed by atoms with Crippen LogP contribution in [0.1, 0.15) is 0 Å². The van der Waals surface area contributed by atoms with Gasteiger partial charge in [0.15, 0.2) is 0 Å². The Morgan fingerprint density at radius 1 is 0.700 bits per heavy atom. The summed E-state index contributed by atoms with van der Waals surface area (Å²) in [6, 6.07) is 8.31. The van der Waals surface area contributed by atoms with Crippen LogP contribution in [-0.2, 0) is 0 Å². The Hall–Kier alpha value is -1.08. The molecule has 0 radical (unpaired) electrons. The van der Waals surface area contributed by atoms with E-state index in [0.29, 0.717) is 0 Å². The summed E-state index contributed by atoms with van der Waals surface area (Å²) in [5.41, 5.74) is 2.16. The van der Waals surface area contributed by atoms with Crippen LogP contribution in [0.4, 0.5) is 0 Å². The monoisotopic (exact) mass is 332 g/mol. The molecule has 0 atom stereocenters. The van der Waals surface area contributed by atoms with Crippen LogP contribution in [0.3, 0.4) is 0 Å². The number of pyridine rings is 2. The zero-order valence-corrected chi connectivity index (χ0v) is 13.4. The second-order valence-corrected chi connectivity index (χ2v) is 8.10. The summed E-state index contributed by atoms with van der Waals surface area (Å²) in [7, 11) is 3.58. The third-order valence-electron chi connectivity index (χ3n) is 2.84. The fraction of sp³-hybridized carbons (Fsp3) is 0. The van der Waals surface area contributed by atoms with Crippen LogP contribution in [0.15, 0.2) is 57.2 Å². The minimum absolute atomic E-state index is 1.08. The van der Waals surface area contributed by atoms with Crippen molar-refractivity contribution in [1.29, 1.82) is 0 Å². The number of hydrogen-bond donors (Lipinski definition) is 0. The summed E-state index contributed by atoms with van der Waals surface area (Å²) in [5, 5.41) is 4.19. The van der Waals surface area contributed by atoms with Crippen LogP contribution in [0.25, 0.3) is 20.4 Å². The van der Waals surface area contributed by atoms with Crippen molar-refractivity contribution >= 4 is 64.7 Å². The minimum Gasteiger partial charge on any atom is -0.255 e. The quantitative estimate of drug-likeness (QED) is 0.449. The predicted octanol–water partition coefficient (Wildman–Crippen LogP) is 5.71. The van der Waals surface area contributed by atoms with Gasteiger partial charge < -0.3 is 0 Å². The molecule has 98 valence electrons. The Kier molecular flexibility index (Phi) is 3.39. The average molecular weight is 333 g/mol. The molecule has 0 aliphatic carbocycles. The molecule has 0 amide bonds. The van der Waals surface area contributed by atoms with Gasteiger partial charge in [-0.05, 0) is 35.0 Å². The lowest BCUT2D eigenvalue weighted by Gasteiger charge is -2.03. The van der Waals surface area contributed by atoms with Crippen molar-refractivity contribution in [3.63, 3.8) is 0 Å². The van der Waals surface area contributed by atoms with Gasteiger partial charge in [-0.3, -0.25) is 9.97 Å². The largest absolute Gasteiger partial charge is 0.255 e. The van der Waals surface area contributed by atoms with Gasteiger partial charge in [-0.1, -0.05) is 21.6 Å². The van der Waals surface area contributed by atoms with E-state index in [4.69, 9.17) is 0 Å². The maximum atomic E-state index is 4.38. The molecular formula is C14H8N2S4. The molecule has 4 aromatic rings. The number of aromatic nitrogens is 2. The molecule has 2 nitrogen and oxygen atoms in total. The lowest BCUT2D eigenvalue weighted by molar-refractivity contribution is 1.37. The lowest BCUT2D eigenvalue weighted by Crippen LogP contribution is -1.76. The molecule has 4 aromatic heterocycles. The van der Waals surface area contributed by atoms with Crippen molar-refractivity contribution < 1.29 is 0 Å². The first-order valence-electron chi connectivity index (χ1n) is 5.91. The van der Waals surface area contributed by atoms with E-state index in [2.05, 4.69) is 45.0 Å². The summed E-state index contributed by atoms with van der Waals surface area (Å²) in [6.45, 7) is 0. The molecule has 0 unspecified atom stereocenters. The van der Waals surface area contributed by atoms with Gasteiger partial charge in [0.1, 0.15) is 0 Å². The van der Waals surface area contributed by atoms with Crippen molar-refractivity contribution in [2.45, 2.75) is 9.79 Å². The smallest absolute Gasteiger partial charge is 0.0821 e. The number of thiophene rings is 2. The van der Waals surface area contributed by atoms with Gasteiger partial charge in [-0.25, -0.2) is 0 Å². The molecule has 4 rings (SSSR count). The molecule has 0 aliphatic heterocycles. The van der Waals surface area contributed by atoms with Crippen LogP contribution < -0.4 is 0 Å². The highest BCUT2D eigenvalue weighted by molar-refractivity contribution is 8.76. The normalized spacial score (nSPS) is 11.4. The Bertz CT molecular complexity index is 807. The van der Waals surface area contributed by atoms with E-state index >= 15 is 0 Å². The van der Waals surface area contributed by atoms with Crippen molar-refractivity contribution in [3.8, 4) is 0 Å². The second kappa shape index (κ2) is 5.37. The van der Waals surface area contributed by atoms with Crippen LogP contribution in [0, 0.1) is 0 Å². The van der Waals surface area contributed by atoms with Crippen molar-refractivity contribution in [3.05, 3.63) is 47.4 Å². The first-order chi connectivity index (χ1) is 9.92. The van der Waals surface area contributed by atoms with Crippen LogP contribution >= 0.6 is 44.3 Å². The summed E-state index contributed by atoms with van der Waals surface area (Å²) < 4.78 is 2.53. The molecule has 0 aliphatic rings. The molecular weight excluding hydrogens is 324 g/mol. The number of rotatable bonds is 3. The highest BCUT2D eigenvalue weighted by Gasteiger charge is 2.08. The molecule has 6 heteroatoms. The van der Waals surface area contributed by atoms with E-state index in [0.717, 1.165) is 11.0 Å². The Morgan fingerprint density at radius 3 is 1.70 bits per heavy atom. The summed E-state index contributed by atoms with van der Waals surface area (Å²) >= 11 is 3.50. The third kappa shape index (κ3) is 2.22. The van der Waals surface area contributed by atoms with E-state index in [1.165, 1.54) is 19.2 Å². The van der Waals surface area contributed by atoms with E-state index in [9.17, 15) is 0 Å².